The molecule has 2 rings (SSSR count). The van der Waals surface area contributed by atoms with Crippen LogP contribution in [0.3, 0.4) is 0 Å². The minimum Gasteiger partial charge on any atom is -0.370 e. The standard InChI is InChI=1S/C13H19NO/c1-10(11-6-4-3-5-7-11)15-13-8-12(9-13)14-2/h3-7,10,12-14H,8-9H2,1-2H3. The Hall–Kier alpha value is -0.860. The van der Waals surface area contributed by atoms with Gasteiger partial charge in [0.15, 0.2) is 0 Å². The van der Waals surface area contributed by atoms with Gasteiger partial charge >= 0.3 is 0 Å². The lowest BCUT2D eigenvalue weighted by Crippen LogP contribution is -2.44. The van der Waals surface area contributed by atoms with Gasteiger partial charge in [-0.3, -0.25) is 0 Å². The maximum Gasteiger partial charge on any atom is 0.0800 e. The van der Waals surface area contributed by atoms with E-state index in [1.54, 1.807) is 0 Å². The normalized spacial score (nSPS) is 27.1. The fourth-order valence-corrected chi connectivity index (χ4v) is 2.00. The Morgan fingerprint density at radius 3 is 2.53 bits per heavy atom. The first-order valence-corrected chi connectivity index (χ1v) is 5.67. The quantitative estimate of drug-likeness (QED) is 0.815. The van der Waals surface area contributed by atoms with Crippen molar-refractivity contribution >= 4 is 0 Å². The van der Waals surface area contributed by atoms with Crippen molar-refractivity contribution in [2.24, 2.45) is 0 Å². The van der Waals surface area contributed by atoms with E-state index in [1.807, 2.05) is 13.1 Å². The molecule has 1 atom stereocenters. The van der Waals surface area contributed by atoms with Crippen molar-refractivity contribution in [3.05, 3.63) is 35.9 Å². The van der Waals surface area contributed by atoms with Gasteiger partial charge in [0.05, 0.1) is 12.2 Å². The van der Waals surface area contributed by atoms with Crippen LogP contribution < -0.4 is 5.32 Å². The second kappa shape index (κ2) is 4.77. The molecule has 0 radical (unpaired) electrons. The van der Waals surface area contributed by atoms with E-state index < -0.39 is 0 Å². The molecule has 0 amide bonds. The fraction of sp³-hybridized carbons (Fsp3) is 0.538. The lowest BCUT2D eigenvalue weighted by Gasteiger charge is -2.36. The number of nitrogens with one attached hydrogen (secondary N) is 1. The van der Waals surface area contributed by atoms with E-state index in [9.17, 15) is 0 Å². The number of hydrogen-bond donors (Lipinski definition) is 1. The van der Waals surface area contributed by atoms with Crippen LogP contribution >= 0.6 is 0 Å². The second-order valence-corrected chi connectivity index (χ2v) is 4.27. The van der Waals surface area contributed by atoms with E-state index in [0.29, 0.717) is 12.1 Å². The van der Waals surface area contributed by atoms with Crippen molar-refractivity contribution < 1.29 is 4.74 Å². The largest absolute Gasteiger partial charge is 0.370 e. The average molecular weight is 205 g/mol. The Kier molecular flexibility index (Phi) is 3.39. The molecule has 2 nitrogen and oxygen atoms in total. The number of rotatable bonds is 4. The highest BCUT2D eigenvalue weighted by molar-refractivity contribution is 5.17. The van der Waals surface area contributed by atoms with Gasteiger partial charge in [0.1, 0.15) is 0 Å². The van der Waals surface area contributed by atoms with Crippen molar-refractivity contribution in [2.45, 2.75) is 38.0 Å². The first kappa shape index (κ1) is 10.7. The molecule has 1 N–H and O–H groups in total. The summed E-state index contributed by atoms with van der Waals surface area (Å²) in [5, 5.41) is 3.26. The lowest BCUT2D eigenvalue weighted by molar-refractivity contribution is -0.0576. The fourth-order valence-electron chi connectivity index (χ4n) is 2.00. The van der Waals surface area contributed by atoms with E-state index in [1.165, 1.54) is 5.56 Å². The molecular weight excluding hydrogens is 186 g/mol. The minimum atomic E-state index is 0.217. The number of benzene rings is 1. The molecule has 1 fully saturated rings. The van der Waals surface area contributed by atoms with Gasteiger partial charge in [-0.15, -0.1) is 0 Å². The summed E-state index contributed by atoms with van der Waals surface area (Å²) in [6.45, 7) is 2.13. The van der Waals surface area contributed by atoms with Crippen LogP contribution in [0.15, 0.2) is 30.3 Å². The van der Waals surface area contributed by atoms with E-state index in [4.69, 9.17) is 4.74 Å². The molecule has 0 aliphatic heterocycles. The van der Waals surface area contributed by atoms with Gasteiger partial charge in [-0.1, -0.05) is 30.3 Å². The highest BCUT2D eigenvalue weighted by Crippen LogP contribution is 2.28. The Morgan fingerprint density at radius 1 is 1.27 bits per heavy atom. The van der Waals surface area contributed by atoms with Gasteiger partial charge in [-0.25, -0.2) is 0 Å². The number of ether oxygens (including phenoxy) is 1. The highest BCUT2D eigenvalue weighted by atomic mass is 16.5. The highest BCUT2D eigenvalue weighted by Gasteiger charge is 2.29. The monoisotopic (exact) mass is 205 g/mol. The van der Waals surface area contributed by atoms with Crippen LogP contribution in [0.1, 0.15) is 31.4 Å². The molecule has 1 unspecified atom stereocenters. The summed E-state index contributed by atoms with van der Waals surface area (Å²) in [6, 6.07) is 11.1. The van der Waals surface area contributed by atoms with E-state index in [0.717, 1.165) is 12.8 Å². The summed E-state index contributed by atoms with van der Waals surface area (Å²) in [6.07, 6.45) is 2.95. The lowest BCUT2D eigenvalue weighted by atomic mass is 9.89. The van der Waals surface area contributed by atoms with Crippen LogP contribution in [0.5, 0.6) is 0 Å². The second-order valence-electron chi connectivity index (χ2n) is 4.27. The predicted molar refractivity (Wildman–Crippen MR) is 61.8 cm³/mol. The summed E-state index contributed by atoms with van der Waals surface area (Å²) >= 11 is 0. The zero-order valence-corrected chi connectivity index (χ0v) is 9.44. The minimum absolute atomic E-state index is 0.217. The summed E-state index contributed by atoms with van der Waals surface area (Å²) in [5.74, 6) is 0. The van der Waals surface area contributed by atoms with Gasteiger partial charge in [0, 0.05) is 6.04 Å². The molecule has 1 aromatic rings. The first-order valence-electron chi connectivity index (χ1n) is 5.67. The van der Waals surface area contributed by atoms with Crippen LogP contribution in [0, 0.1) is 0 Å². The van der Waals surface area contributed by atoms with Crippen molar-refractivity contribution in [2.75, 3.05) is 7.05 Å². The maximum absolute atomic E-state index is 5.96. The van der Waals surface area contributed by atoms with Gasteiger partial charge in [-0.05, 0) is 32.4 Å². The topological polar surface area (TPSA) is 21.3 Å². The summed E-state index contributed by atoms with van der Waals surface area (Å²) in [4.78, 5) is 0. The Bertz CT molecular complexity index is 293. The van der Waals surface area contributed by atoms with Crippen LogP contribution in [0.25, 0.3) is 0 Å². The van der Waals surface area contributed by atoms with Crippen molar-refractivity contribution in [3.8, 4) is 0 Å². The first-order chi connectivity index (χ1) is 7.29. The van der Waals surface area contributed by atoms with E-state index in [-0.39, 0.29) is 6.10 Å². The predicted octanol–water partition coefficient (Wildman–Crippen LogP) is 2.51. The molecule has 0 bridgehead atoms. The number of hydrogen-bond acceptors (Lipinski definition) is 2. The molecule has 1 saturated carbocycles. The summed E-state index contributed by atoms with van der Waals surface area (Å²) in [7, 11) is 2.02. The third-order valence-electron chi connectivity index (χ3n) is 3.17. The molecule has 0 saturated heterocycles. The van der Waals surface area contributed by atoms with E-state index >= 15 is 0 Å². The molecule has 82 valence electrons. The van der Waals surface area contributed by atoms with Crippen molar-refractivity contribution in [3.63, 3.8) is 0 Å². The Balaban J connectivity index is 1.81. The van der Waals surface area contributed by atoms with Gasteiger partial charge < -0.3 is 10.1 Å². The maximum atomic E-state index is 5.96. The van der Waals surface area contributed by atoms with Crippen LogP contribution in [-0.4, -0.2) is 19.2 Å². The Labute approximate surface area is 91.6 Å². The molecule has 0 spiro atoms. The molecule has 2 heteroatoms. The molecular formula is C13H19NO. The zero-order valence-electron chi connectivity index (χ0n) is 9.44. The smallest absolute Gasteiger partial charge is 0.0800 e. The molecule has 0 heterocycles. The van der Waals surface area contributed by atoms with Gasteiger partial charge in [-0.2, -0.15) is 0 Å². The van der Waals surface area contributed by atoms with Crippen molar-refractivity contribution in [1.29, 1.82) is 0 Å². The summed E-state index contributed by atoms with van der Waals surface area (Å²) in [5.41, 5.74) is 1.27. The average Bonchev–Trinajstić information content (AvgIpc) is 2.23. The third kappa shape index (κ3) is 2.58. The summed E-state index contributed by atoms with van der Waals surface area (Å²) < 4.78 is 5.96. The Morgan fingerprint density at radius 2 is 1.93 bits per heavy atom. The molecule has 1 aliphatic carbocycles. The van der Waals surface area contributed by atoms with Gasteiger partial charge in [0.2, 0.25) is 0 Å². The van der Waals surface area contributed by atoms with Crippen LogP contribution in [0.4, 0.5) is 0 Å². The van der Waals surface area contributed by atoms with Crippen molar-refractivity contribution in [1.82, 2.24) is 5.32 Å². The SMILES string of the molecule is CNC1CC(OC(C)c2ccccc2)C1. The third-order valence-corrected chi connectivity index (χ3v) is 3.17. The van der Waals surface area contributed by atoms with E-state index in [2.05, 4.69) is 36.5 Å². The molecule has 0 aromatic heterocycles. The van der Waals surface area contributed by atoms with Crippen LogP contribution in [0.2, 0.25) is 0 Å². The van der Waals surface area contributed by atoms with Crippen LogP contribution in [-0.2, 0) is 4.74 Å². The molecule has 1 aromatic carbocycles. The zero-order chi connectivity index (χ0) is 10.7. The molecule has 15 heavy (non-hydrogen) atoms. The van der Waals surface area contributed by atoms with Gasteiger partial charge in [0.25, 0.3) is 0 Å². The molecule has 1 aliphatic rings.